The Hall–Kier alpha value is -0.900. The van der Waals surface area contributed by atoms with Crippen molar-refractivity contribution in [2.45, 2.75) is 90.4 Å². The molecule has 1 aliphatic carbocycles. The lowest BCUT2D eigenvalue weighted by Crippen LogP contribution is -2.67. The fourth-order valence-electron chi connectivity index (χ4n) is 3.78. The lowest BCUT2D eigenvalue weighted by atomic mass is 9.63. The molecule has 0 radical (unpaired) electrons. The Labute approximate surface area is 171 Å². The molecule has 4 atom stereocenters. The molecule has 0 heterocycles. The Morgan fingerprint density at radius 1 is 1.14 bits per heavy atom. The maximum atomic E-state index is 11.8. The molecule has 5 heteroatoms. The molecule has 1 fully saturated rings. The Morgan fingerprint density at radius 2 is 1.75 bits per heavy atom. The molecule has 4 unspecified atom stereocenters. The fraction of sp³-hybridized carbons (Fsp3) is 0.826. The van der Waals surface area contributed by atoms with Crippen LogP contribution < -0.4 is 0 Å². The van der Waals surface area contributed by atoms with Crippen LogP contribution in [0.3, 0.4) is 0 Å². The molecule has 1 saturated carbocycles. The van der Waals surface area contributed by atoms with Crippen LogP contribution in [0, 0.1) is 17.8 Å². The van der Waals surface area contributed by atoms with Gasteiger partial charge in [0.15, 0.2) is 5.60 Å². The first-order chi connectivity index (χ1) is 13.4. The molecule has 0 aromatic heterocycles. The van der Waals surface area contributed by atoms with E-state index in [-0.39, 0.29) is 19.5 Å². The molecule has 1 N–H and O–H groups in total. The molecule has 5 nitrogen and oxygen atoms in total. The first-order valence-electron chi connectivity index (χ1n) is 10.6. The zero-order valence-electron chi connectivity index (χ0n) is 18.5. The lowest BCUT2D eigenvalue weighted by molar-refractivity contribution is -0.262. The average molecular weight is 397 g/mol. The van der Waals surface area contributed by atoms with Crippen LogP contribution in [0.15, 0.2) is 12.2 Å². The minimum atomic E-state index is -1.52. The third-order valence-electron chi connectivity index (χ3n) is 5.51. The Morgan fingerprint density at radius 3 is 2.29 bits per heavy atom. The van der Waals surface area contributed by atoms with Crippen LogP contribution in [0.5, 0.6) is 0 Å². The molecule has 0 aliphatic heterocycles. The predicted molar refractivity (Wildman–Crippen MR) is 112 cm³/mol. The molecule has 0 saturated heterocycles. The standard InChI is InChI=1S/C23H40O5/c1-7-10-15-25-17-27-21-20(6)12-14-23(19(4)5,22(21,24)13-9-3)28-18-26-16-11-8-2/h20-21,24H,4,7-8,10-12,14-18H2,1-3,5-6H3. The molecule has 0 amide bonds. The summed E-state index contributed by atoms with van der Waals surface area (Å²) in [5.74, 6) is 5.99. The normalized spacial score (nSPS) is 29.9. The first kappa shape index (κ1) is 25.1. The van der Waals surface area contributed by atoms with Crippen molar-refractivity contribution in [3.05, 3.63) is 12.2 Å². The molecule has 1 aliphatic rings. The second kappa shape index (κ2) is 12.6. The van der Waals surface area contributed by atoms with E-state index in [0.29, 0.717) is 19.6 Å². The van der Waals surface area contributed by atoms with Gasteiger partial charge in [-0.25, -0.2) is 0 Å². The van der Waals surface area contributed by atoms with Crippen LogP contribution in [0.25, 0.3) is 0 Å². The van der Waals surface area contributed by atoms with Crippen molar-refractivity contribution in [2.24, 2.45) is 5.92 Å². The zero-order chi connectivity index (χ0) is 21.0. The van der Waals surface area contributed by atoms with Gasteiger partial charge in [0, 0.05) is 13.2 Å². The van der Waals surface area contributed by atoms with Gasteiger partial charge in [0.1, 0.15) is 25.3 Å². The quantitative estimate of drug-likeness (QED) is 0.216. The molecule has 0 bridgehead atoms. The summed E-state index contributed by atoms with van der Waals surface area (Å²) in [6, 6.07) is 0. The summed E-state index contributed by atoms with van der Waals surface area (Å²) in [4.78, 5) is 0. The number of hydrogen-bond donors (Lipinski definition) is 1. The highest BCUT2D eigenvalue weighted by Crippen LogP contribution is 2.47. The molecule has 28 heavy (non-hydrogen) atoms. The summed E-state index contributed by atoms with van der Waals surface area (Å²) in [7, 11) is 0. The molecular weight excluding hydrogens is 356 g/mol. The van der Waals surface area contributed by atoms with Crippen LogP contribution in [0.1, 0.15) is 73.1 Å². The highest BCUT2D eigenvalue weighted by atomic mass is 16.7. The van der Waals surface area contributed by atoms with E-state index in [9.17, 15) is 5.11 Å². The third kappa shape index (κ3) is 6.05. The van der Waals surface area contributed by atoms with Crippen molar-refractivity contribution >= 4 is 0 Å². The minimum absolute atomic E-state index is 0.0919. The van der Waals surface area contributed by atoms with Gasteiger partial charge in [0.2, 0.25) is 0 Å². The van der Waals surface area contributed by atoms with Gasteiger partial charge in [0.05, 0.1) is 0 Å². The van der Waals surface area contributed by atoms with Crippen molar-refractivity contribution in [2.75, 3.05) is 26.8 Å². The highest BCUT2D eigenvalue weighted by Gasteiger charge is 2.61. The van der Waals surface area contributed by atoms with E-state index in [1.165, 1.54) is 0 Å². The zero-order valence-corrected chi connectivity index (χ0v) is 18.5. The number of rotatable bonds is 13. The van der Waals surface area contributed by atoms with Gasteiger partial charge >= 0.3 is 0 Å². The van der Waals surface area contributed by atoms with Gasteiger partial charge in [-0.3, -0.25) is 0 Å². The predicted octanol–water partition coefficient (Wildman–Crippen LogP) is 4.44. The van der Waals surface area contributed by atoms with E-state index >= 15 is 0 Å². The van der Waals surface area contributed by atoms with Crippen molar-refractivity contribution in [3.63, 3.8) is 0 Å². The van der Waals surface area contributed by atoms with Crippen molar-refractivity contribution < 1.29 is 24.1 Å². The molecule has 1 rings (SSSR count). The van der Waals surface area contributed by atoms with Gasteiger partial charge in [-0.2, -0.15) is 0 Å². The summed E-state index contributed by atoms with van der Waals surface area (Å²) in [5, 5.41) is 11.8. The topological polar surface area (TPSA) is 57.2 Å². The second-order valence-electron chi connectivity index (χ2n) is 7.76. The SMILES string of the molecule is C=C(C)C1(OCOCCCC)CCC(C)C(OCOCCCC)C1(O)C#CC. The summed E-state index contributed by atoms with van der Waals surface area (Å²) in [6.45, 7) is 15.5. The molecule has 0 spiro atoms. The van der Waals surface area contributed by atoms with Gasteiger partial charge in [-0.1, -0.05) is 46.1 Å². The number of hydrogen-bond acceptors (Lipinski definition) is 5. The van der Waals surface area contributed by atoms with Gasteiger partial charge in [0.25, 0.3) is 0 Å². The monoisotopic (exact) mass is 396 g/mol. The lowest BCUT2D eigenvalue weighted by Gasteiger charge is -2.53. The first-order valence-corrected chi connectivity index (χ1v) is 10.6. The van der Waals surface area contributed by atoms with Crippen LogP contribution in [-0.4, -0.2) is 49.2 Å². The maximum absolute atomic E-state index is 11.8. The van der Waals surface area contributed by atoms with Gasteiger partial charge in [-0.05, 0) is 51.0 Å². The Balaban J connectivity index is 3.01. The largest absolute Gasteiger partial charge is 0.372 e. The fourth-order valence-corrected chi connectivity index (χ4v) is 3.78. The third-order valence-corrected chi connectivity index (χ3v) is 5.51. The van der Waals surface area contributed by atoms with Gasteiger partial charge < -0.3 is 24.1 Å². The van der Waals surface area contributed by atoms with E-state index in [0.717, 1.165) is 37.7 Å². The van der Waals surface area contributed by atoms with E-state index in [2.05, 4.69) is 39.2 Å². The summed E-state index contributed by atoms with van der Waals surface area (Å²) >= 11 is 0. The summed E-state index contributed by atoms with van der Waals surface area (Å²) in [5.41, 5.74) is -1.83. The molecule has 0 aromatic carbocycles. The number of aliphatic hydroxyl groups is 1. The van der Waals surface area contributed by atoms with E-state index in [4.69, 9.17) is 18.9 Å². The highest BCUT2D eigenvalue weighted by molar-refractivity contribution is 5.35. The van der Waals surface area contributed by atoms with Crippen molar-refractivity contribution in [1.82, 2.24) is 0 Å². The molecule has 162 valence electrons. The van der Waals surface area contributed by atoms with Crippen LogP contribution in [0.4, 0.5) is 0 Å². The number of ether oxygens (including phenoxy) is 4. The smallest absolute Gasteiger partial charge is 0.184 e. The molecule has 0 aromatic rings. The average Bonchev–Trinajstić information content (AvgIpc) is 2.65. The number of unbranched alkanes of at least 4 members (excludes halogenated alkanes) is 2. The van der Waals surface area contributed by atoms with Crippen molar-refractivity contribution in [1.29, 1.82) is 0 Å². The Kier molecular flexibility index (Phi) is 11.3. The minimum Gasteiger partial charge on any atom is -0.372 e. The second-order valence-corrected chi connectivity index (χ2v) is 7.76. The maximum Gasteiger partial charge on any atom is 0.184 e. The van der Waals surface area contributed by atoms with Crippen molar-refractivity contribution in [3.8, 4) is 11.8 Å². The van der Waals surface area contributed by atoms with E-state index < -0.39 is 17.3 Å². The van der Waals surface area contributed by atoms with E-state index in [1.807, 2.05) is 6.92 Å². The summed E-state index contributed by atoms with van der Waals surface area (Å²) in [6.07, 6.45) is 4.98. The van der Waals surface area contributed by atoms with Crippen LogP contribution in [0.2, 0.25) is 0 Å². The summed E-state index contributed by atoms with van der Waals surface area (Å²) < 4.78 is 23.4. The molecular formula is C23H40O5. The van der Waals surface area contributed by atoms with E-state index in [1.54, 1.807) is 6.92 Å². The Bertz CT molecular complexity index is 523. The van der Waals surface area contributed by atoms with Crippen LogP contribution in [-0.2, 0) is 18.9 Å². The van der Waals surface area contributed by atoms with Crippen LogP contribution >= 0.6 is 0 Å². The van der Waals surface area contributed by atoms with Gasteiger partial charge in [-0.15, -0.1) is 5.92 Å².